The third-order valence-electron chi connectivity index (χ3n) is 2.33. The molecule has 0 aliphatic carbocycles. The molecule has 16 heavy (non-hydrogen) atoms. The van der Waals surface area contributed by atoms with Crippen molar-refractivity contribution >= 4 is 28.4 Å². The summed E-state index contributed by atoms with van der Waals surface area (Å²) in [5.74, 6) is 0.0215. The highest BCUT2D eigenvalue weighted by atomic mass is 127. The van der Waals surface area contributed by atoms with Gasteiger partial charge in [-0.2, -0.15) is 0 Å². The molecular weight excluding hydrogens is 315 g/mol. The van der Waals surface area contributed by atoms with Crippen molar-refractivity contribution in [1.29, 1.82) is 0 Å². The molecule has 0 aliphatic heterocycles. The number of carbonyl (C=O) groups excluding carboxylic acids is 1. The van der Waals surface area contributed by atoms with Crippen LogP contribution in [-0.2, 0) is 4.79 Å². The van der Waals surface area contributed by atoms with Gasteiger partial charge in [-0.3, -0.25) is 4.79 Å². The monoisotopic (exact) mass is 330 g/mol. The molecule has 1 atom stereocenters. The predicted molar refractivity (Wildman–Crippen MR) is 73.4 cm³/mol. The summed E-state index contributed by atoms with van der Waals surface area (Å²) in [6.45, 7) is 1.96. The minimum Gasteiger partial charge on any atom is -0.384 e. The Bertz CT molecular complexity index is 371. The molecule has 0 aliphatic rings. The Morgan fingerprint density at radius 3 is 2.56 bits per heavy atom. The molecule has 0 fully saturated rings. The Morgan fingerprint density at radius 1 is 1.44 bits per heavy atom. The first-order chi connectivity index (χ1) is 7.70. The summed E-state index contributed by atoms with van der Waals surface area (Å²) in [6, 6.07) is 9.24. The number of aliphatic hydroxyl groups is 1. The number of hydrogen-bond acceptors (Lipinski definition) is 2. The molecule has 0 spiro atoms. The highest BCUT2D eigenvalue weighted by Crippen LogP contribution is 2.24. The average Bonchev–Trinajstić information content (AvgIpc) is 2.31. The van der Waals surface area contributed by atoms with Gasteiger partial charge in [0.2, 0.25) is 0 Å². The van der Waals surface area contributed by atoms with E-state index in [1.807, 2.05) is 59.8 Å². The van der Waals surface area contributed by atoms with Gasteiger partial charge in [0.15, 0.2) is 5.78 Å². The zero-order chi connectivity index (χ0) is 12.0. The molecule has 2 nitrogen and oxygen atoms in total. The van der Waals surface area contributed by atoms with Crippen molar-refractivity contribution in [2.75, 3.05) is 0 Å². The summed E-state index contributed by atoms with van der Waals surface area (Å²) in [6.07, 6.45) is 0.477. The summed E-state index contributed by atoms with van der Waals surface area (Å²) in [5.41, 5.74) is 1.24. The maximum Gasteiger partial charge on any atom is 0.162 e. The van der Waals surface area contributed by atoms with Crippen LogP contribution in [0.5, 0.6) is 0 Å². The van der Waals surface area contributed by atoms with E-state index in [1.165, 1.54) is 0 Å². The van der Waals surface area contributed by atoms with Gasteiger partial charge in [0.1, 0.15) is 6.10 Å². The Hall–Kier alpha value is -0.680. The Kier molecular flexibility index (Phi) is 5.69. The van der Waals surface area contributed by atoms with E-state index in [-0.39, 0.29) is 5.78 Å². The van der Waals surface area contributed by atoms with Crippen molar-refractivity contribution in [2.24, 2.45) is 0 Å². The smallest absolute Gasteiger partial charge is 0.162 e. The number of hydrogen-bond donors (Lipinski definition) is 1. The van der Waals surface area contributed by atoms with Gasteiger partial charge >= 0.3 is 0 Å². The van der Waals surface area contributed by atoms with E-state index in [1.54, 1.807) is 4.08 Å². The first-order valence-electron chi connectivity index (χ1n) is 5.27. The van der Waals surface area contributed by atoms with Crippen LogP contribution >= 0.6 is 22.6 Å². The fourth-order valence-electron chi connectivity index (χ4n) is 1.46. The number of rotatable bonds is 5. The highest BCUT2D eigenvalue weighted by molar-refractivity contribution is 14.1. The molecule has 0 radical (unpaired) electrons. The van der Waals surface area contributed by atoms with Crippen LogP contribution in [0.15, 0.2) is 40.0 Å². The lowest BCUT2D eigenvalue weighted by Gasteiger charge is -2.13. The van der Waals surface area contributed by atoms with Crippen LogP contribution in [0.1, 0.15) is 31.4 Å². The predicted octanol–water partition coefficient (Wildman–Crippen LogP) is 3.41. The molecular formula is C13H15IO2. The van der Waals surface area contributed by atoms with Gasteiger partial charge in [-0.05, 0) is 16.1 Å². The zero-order valence-electron chi connectivity index (χ0n) is 9.19. The van der Waals surface area contributed by atoms with Crippen molar-refractivity contribution in [3.63, 3.8) is 0 Å². The molecule has 86 valence electrons. The van der Waals surface area contributed by atoms with Crippen LogP contribution in [-0.4, -0.2) is 10.9 Å². The van der Waals surface area contributed by atoms with Crippen LogP contribution in [0.4, 0.5) is 0 Å². The maximum atomic E-state index is 11.8. The Balaban J connectivity index is 2.87. The van der Waals surface area contributed by atoms with Crippen molar-refractivity contribution in [3.05, 3.63) is 45.6 Å². The fourth-order valence-corrected chi connectivity index (χ4v) is 2.15. The highest BCUT2D eigenvalue weighted by Gasteiger charge is 2.18. The Labute approximate surface area is 110 Å². The molecule has 0 aromatic heterocycles. The van der Waals surface area contributed by atoms with Crippen LogP contribution in [0.2, 0.25) is 0 Å². The number of Topliss-reactive ketones (excluding diaryl/α,β-unsaturated/α-hetero) is 1. The van der Waals surface area contributed by atoms with E-state index in [2.05, 4.69) is 0 Å². The minimum atomic E-state index is -0.808. The number of benzene rings is 1. The van der Waals surface area contributed by atoms with E-state index in [9.17, 15) is 9.90 Å². The number of aliphatic hydroxyl groups excluding tert-OH is 1. The SMILES string of the molecule is CCCC(=O)/C(=C\I)[C@@H](O)c1ccccc1. The van der Waals surface area contributed by atoms with Gasteiger partial charge in [0.05, 0.1) is 0 Å². The summed E-state index contributed by atoms with van der Waals surface area (Å²) in [7, 11) is 0. The number of ketones is 1. The molecule has 1 aromatic carbocycles. The van der Waals surface area contributed by atoms with Gasteiger partial charge in [0, 0.05) is 12.0 Å². The van der Waals surface area contributed by atoms with Gasteiger partial charge in [-0.15, -0.1) is 0 Å². The van der Waals surface area contributed by atoms with Crippen LogP contribution in [0.3, 0.4) is 0 Å². The molecule has 0 saturated heterocycles. The zero-order valence-corrected chi connectivity index (χ0v) is 11.3. The van der Waals surface area contributed by atoms with Gasteiger partial charge in [0.25, 0.3) is 0 Å². The second-order valence-electron chi connectivity index (χ2n) is 3.55. The average molecular weight is 330 g/mol. The third-order valence-corrected chi connectivity index (χ3v) is 3.00. The lowest BCUT2D eigenvalue weighted by Crippen LogP contribution is -2.10. The van der Waals surface area contributed by atoms with Crippen molar-refractivity contribution < 1.29 is 9.90 Å². The normalized spacial score (nSPS) is 13.6. The minimum absolute atomic E-state index is 0.0215. The summed E-state index contributed by atoms with van der Waals surface area (Å²) < 4.78 is 1.67. The first-order valence-corrected chi connectivity index (χ1v) is 6.51. The standard InChI is InChI=1S/C13H15IO2/c1-2-6-12(15)11(9-14)13(16)10-7-4-3-5-8-10/h3-5,7-9,13,16H,2,6H2,1H3/b11-9+/t13-/m0/s1. The molecule has 0 saturated carbocycles. The number of halogens is 1. The lowest BCUT2D eigenvalue weighted by atomic mass is 9.98. The third kappa shape index (κ3) is 3.42. The molecule has 1 rings (SSSR count). The van der Waals surface area contributed by atoms with Crippen molar-refractivity contribution in [1.82, 2.24) is 0 Å². The second-order valence-corrected chi connectivity index (χ2v) is 4.17. The van der Waals surface area contributed by atoms with E-state index >= 15 is 0 Å². The quantitative estimate of drug-likeness (QED) is 0.664. The summed E-state index contributed by atoms with van der Waals surface area (Å²) >= 11 is 2.00. The molecule has 1 aromatic rings. The lowest BCUT2D eigenvalue weighted by molar-refractivity contribution is -0.116. The molecule has 0 unspecified atom stereocenters. The van der Waals surface area contributed by atoms with Crippen LogP contribution in [0.25, 0.3) is 0 Å². The van der Waals surface area contributed by atoms with Gasteiger partial charge < -0.3 is 5.11 Å². The van der Waals surface area contributed by atoms with E-state index < -0.39 is 6.10 Å². The van der Waals surface area contributed by atoms with E-state index in [4.69, 9.17) is 0 Å². The molecule has 3 heteroatoms. The van der Waals surface area contributed by atoms with Gasteiger partial charge in [-0.25, -0.2) is 0 Å². The van der Waals surface area contributed by atoms with Crippen molar-refractivity contribution in [3.8, 4) is 0 Å². The largest absolute Gasteiger partial charge is 0.384 e. The fraction of sp³-hybridized carbons (Fsp3) is 0.308. The Morgan fingerprint density at radius 2 is 2.06 bits per heavy atom. The summed E-state index contributed by atoms with van der Waals surface area (Å²) in [4.78, 5) is 11.8. The topological polar surface area (TPSA) is 37.3 Å². The number of carbonyl (C=O) groups is 1. The van der Waals surface area contributed by atoms with Crippen LogP contribution in [0, 0.1) is 0 Å². The molecule has 0 bridgehead atoms. The van der Waals surface area contributed by atoms with E-state index in [0.717, 1.165) is 12.0 Å². The van der Waals surface area contributed by atoms with Gasteiger partial charge in [-0.1, -0.05) is 59.8 Å². The molecule has 0 heterocycles. The summed E-state index contributed by atoms with van der Waals surface area (Å²) in [5, 5.41) is 10.1. The van der Waals surface area contributed by atoms with Crippen LogP contribution < -0.4 is 0 Å². The second kappa shape index (κ2) is 6.81. The first kappa shape index (κ1) is 13.4. The molecule has 1 N–H and O–H groups in total. The maximum absolute atomic E-state index is 11.8. The molecule has 0 amide bonds. The van der Waals surface area contributed by atoms with Crippen molar-refractivity contribution in [2.45, 2.75) is 25.9 Å². The van der Waals surface area contributed by atoms with E-state index in [0.29, 0.717) is 12.0 Å².